The maximum absolute atomic E-state index is 10.9. The summed E-state index contributed by atoms with van der Waals surface area (Å²) < 4.78 is 0. The summed E-state index contributed by atoms with van der Waals surface area (Å²) in [7, 11) is 2.07. The zero-order chi connectivity index (χ0) is 8.27. The van der Waals surface area contributed by atoms with E-state index in [2.05, 4.69) is 33.2 Å². The number of carbonyl (C=O) groups excluding carboxylic acids is 1. The molecule has 0 saturated carbocycles. The lowest BCUT2D eigenvalue weighted by molar-refractivity contribution is -0.119. The Labute approximate surface area is 75.3 Å². The molecule has 0 spiro atoms. The lowest BCUT2D eigenvalue weighted by Gasteiger charge is -2.11. The SMILES string of the molecule is CN1CCC(NC(=O)CBr)C1. The molecular formula is C7H13BrN2O. The summed E-state index contributed by atoms with van der Waals surface area (Å²) in [5, 5.41) is 3.34. The van der Waals surface area contributed by atoms with Crippen LogP contribution in [0.1, 0.15) is 6.42 Å². The van der Waals surface area contributed by atoms with Gasteiger partial charge in [-0.05, 0) is 20.0 Å². The first-order chi connectivity index (χ1) is 5.22. The van der Waals surface area contributed by atoms with Crippen LogP contribution in [0.15, 0.2) is 0 Å². The molecule has 1 fully saturated rings. The zero-order valence-corrected chi connectivity index (χ0v) is 8.23. The summed E-state index contributed by atoms with van der Waals surface area (Å²) in [6, 6.07) is 0.366. The Kier molecular flexibility index (Phi) is 3.33. The standard InChI is InChI=1S/C7H13BrN2O/c1-10-3-2-6(5-10)9-7(11)4-8/h6H,2-5H2,1H3,(H,9,11). The molecular weight excluding hydrogens is 208 g/mol. The van der Waals surface area contributed by atoms with Gasteiger partial charge < -0.3 is 10.2 Å². The van der Waals surface area contributed by atoms with Crippen molar-refractivity contribution in [3.05, 3.63) is 0 Å². The highest BCUT2D eigenvalue weighted by molar-refractivity contribution is 9.09. The largest absolute Gasteiger partial charge is 0.351 e. The highest BCUT2D eigenvalue weighted by atomic mass is 79.9. The predicted molar refractivity (Wildman–Crippen MR) is 47.8 cm³/mol. The van der Waals surface area contributed by atoms with Gasteiger partial charge in [-0.25, -0.2) is 0 Å². The van der Waals surface area contributed by atoms with Gasteiger partial charge in [0.15, 0.2) is 0 Å². The number of halogens is 1. The van der Waals surface area contributed by atoms with Crippen molar-refractivity contribution >= 4 is 21.8 Å². The van der Waals surface area contributed by atoms with E-state index in [9.17, 15) is 4.79 Å². The molecule has 0 bridgehead atoms. The quantitative estimate of drug-likeness (QED) is 0.675. The van der Waals surface area contributed by atoms with E-state index in [0.29, 0.717) is 11.4 Å². The van der Waals surface area contributed by atoms with E-state index in [0.717, 1.165) is 19.5 Å². The second-order valence-electron chi connectivity index (χ2n) is 2.95. The number of hydrogen-bond acceptors (Lipinski definition) is 2. The number of likely N-dealkylation sites (N-methyl/N-ethyl adjacent to an activating group) is 1. The summed E-state index contributed by atoms with van der Waals surface area (Å²) >= 11 is 3.11. The summed E-state index contributed by atoms with van der Waals surface area (Å²) in [5.41, 5.74) is 0. The number of nitrogens with one attached hydrogen (secondary N) is 1. The second kappa shape index (κ2) is 4.07. The Morgan fingerprint density at radius 1 is 1.82 bits per heavy atom. The fraction of sp³-hybridized carbons (Fsp3) is 0.857. The number of alkyl halides is 1. The average molecular weight is 221 g/mol. The molecule has 3 nitrogen and oxygen atoms in total. The molecule has 1 saturated heterocycles. The van der Waals surface area contributed by atoms with Crippen molar-refractivity contribution in [2.75, 3.05) is 25.5 Å². The van der Waals surface area contributed by atoms with E-state index in [1.807, 2.05) is 0 Å². The Balaban J connectivity index is 2.23. The smallest absolute Gasteiger partial charge is 0.230 e. The molecule has 0 aromatic rings. The van der Waals surface area contributed by atoms with Gasteiger partial charge in [0, 0.05) is 12.6 Å². The third-order valence-corrected chi connectivity index (χ3v) is 2.39. The fourth-order valence-electron chi connectivity index (χ4n) is 1.32. The maximum atomic E-state index is 10.9. The van der Waals surface area contributed by atoms with Gasteiger partial charge in [-0.3, -0.25) is 4.79 Å². The Bertz CT molecular complexity index is 151. The van der Waals surface area contributed by atoms with E-state index in [-0.39, 0.29) is 5.91 Å². The van der Waals surface area contributed by atoms with Gasteiger partial charge in [-0.2, -0.15) is 0 Å². The lowest BCUT2D eigenvalue weighted by atomic mass is 10.3. The van der Waals surface area contributed by atoms with Crippen molar-refractivity contribution in [1.29, 1.82) is 0 Å². The van der Waals surface area contributed by atoms with Gasteiger partial charge in [0.1, 0.15) is 0 Å². The molecule has 0 aromatic heterocycles. The van der Waals surface area contributed by atoms with Crippen LogP contribution >= 0.6 is 15.9 Å². The Hall–Kier alpha value is -0.0900. The van der Waals surface area contributed by atoms with Gasteiger partial charge in [-0.1, -0.05) is 15.9 Å². The second-order valence-corrected chi connectivity index (χ2v) is 3.51. The molecule has 4 heteroatoms. The van der Waals surface area contributed by atoms with Crippen molar-refractivity contribution < 1.29 is 4.79 Å². The highest BCUT2D eigenvalue weighted by Gasteiger charge is 2.20. The molecule has 1 atom stereocenters. The number of amides is 1. The molecule has 1 N–H and O–H groups in total. The fourth-order valence-corrected chi connectivity index (χ4v) is 1.48. The molecule has 1 rings (SSSR count). The van der Waals surface area contributed by atoms with Crippen molar-refractivity contribution in [3.8, 4) is 0 Å². The normalized spacial score (nSPS) is 25.5. The van der Waals surface area contributed by atoms with Crippen LogP contribution in [0.25, 0.3) is 0 Å². The van der Waals surface area contributed by atoms with Crippen LogP contribution in [0.4, 0.5) is 0 Å². The number of nitrogens with zero attached hydrogens (tertiary/aromatic N) is 1. The number of rotatable bonds is 2. The average Bonchev–Trinajstić information content (AvgIpc) is 2.35. The third kappa shape index (κ3) is 2.79. The maximum Gasteiger partial charge on any atom is 0.230 e. The molecule has 1 aliphatic rings. The van der Waals surface area contributed by atoms with Crippen molar-refractivity contribution in [3.63, 3.8) is 0 Å². The Morgan fingerprint density at radius 2 is 2.55 bits per heavy atom. The van der Waals surface area contributed by atoms with Crippen LogP contribution in [0.5, 0.6) is 0 Å². The van der Waals surface area contributed by atoms with E-state index >= 15 is 0 Å². The van der Waals surface area contributed by atoms with Crippen LogP contribution in [0, 0.1) is 0 Å². The van der Waals surface area contributed by atoms with E-state index < -0.39 is 0 Å². The summed E-state index contributed by atoms with van der Waals surface area (Å²) in [6.07, 6.45) is 1.08. The van der Waals surface area contributed by atoms with Gasteiger partial charge in [-0.15, -0.1) is 0 Å². The topological polar surface area (TPSA) is 32.3 Å². The first-order valence-electron chi connectivity index (χ1n) is 3.76. The third-order valence-electron chi connectivity index (χ3n) is 1.88. The van der Waals surface area contributed by atoms with Crippen molar-refractivity contribution in [2.45, 2.75) is 12.5 Å². The van der Waals surface area contributed by atoms with Gasteiger partial charge in [0.25, 0.3) is 0 Å². The predicted octanol–water partition coefficient (Wildman–Crippen LogP) is 0.202. The van der Waals surface area contributed by atoms with E-state index in [4.69, 9.17) is 0 Å². The zero-order valence-electron chi connectivity index (χ0n) is 6.64. The van der Waals surface area contributed by atoms with Gasteiger partial charge in [0.05, 0.1) is 5.33 Å². The first-order valence-corrected chi connectivity index (χ1v) is 4.88. The summed E-state index contributed by atoms with van der Waals surface area (Å²) in [5.74, 6) is 0.0882. The molecule has 64 valence electrons. The minimum Gasteiger partial charge on any atom is -0.351 e. The Morgan fingerprint density at radius 3 is 3.00 bits per heavy atom. The van der Waals surface area contributed by atoms with Gasteiger partial charge in [0.2, 0.25) is 5.91 Å². The summed E-state index contributed by atoms with van der Waals surface area (Å²) in [6.45, 7) is 2.08. The molecule has 1 aliphatic heterocycles. The molecule has 1 unspecified atom stereocenters. The van der Waals surface area contributed by atoms with Crippen LogP contribution in [0.3, 0.4) is 0 Å². The monoisotopic (exact) mass is 220 g/mol. The van der Waals surface area contributed by atoms with E-state index in [1.165, 1.54) is 0 Å². The number of hydrogen-bond donors (Lipinski definition) is 1. The molecule has 0 aliphatic carbocycles. The van der Waals surface area contributed by atoms with Crippen LogP contribution in [-0.2, 0) is 4.79 Å². The van der Waals surface area contributed by atoms with Gasteiger partial charge >= 0.3 is 0 Å². The van der Waals surface area contributed by atoms with Crippen molar-refractivity contribution in [1.82, 2.24) is 10.2 Å². The molecule has 0 aromatic carbocycles. The molecule has 1 amide bonds. The van der Waals surface area contributed by atoms with Crippen LogP contribution in [0.2, 0.25) is 0 Å². The highest BCUT2D eigenvalue weighted by Crippen LogP contribution is 2.05. The molecule has 1 heterocycles. The number of carbonyl (C=O) groups is 1. The van der Waals surface area contributed by atoms with Crippen LogP contribution in [-0.4, -0.2) is 42.3 Å². The minimum absolute atomic E-state index is 0.0882. The van der Waals surface area contributed by atoms with E-state index in [1.54, 1.807) is 0 Å². The first kappa shape index (κ1) is 9.00. The minimum atomic E-state index is 0.0882. The molecule has 0 radical (unpaired) electrons. The molecule has 11 heavy (non-hydrogen) atoms. The summed E-state index contributed by atoms with van der Waals surface area (Å²) in [4.78, 5) is 13.1. The van der Waals surface area contributed by atoms with Crippen LogP contribution < -0.4 is 5.32 Å². The van der Waals surface area contributed by atoms with Crippen molar-refractivity contribution in [2.24, 2.45) is 0 Å². The number of likely N-dealkylation sites (tertiary alicyclic amines) is 1. The lowest BCUT2D eigenvalue weighted by Crippen LogP contribution is -2.37.